The number of hydrogen-bond acceptors (Lipinski definition) is 3. The summed E-state index contributed by atoms with van der Waals surface area (Å²) < 4.78 is 7.45. The first kappa shape index (κ1) is 14.6. The molecule has 0 amide bonds. The molecule has 1 aromatic heterocycles. The number of benzene rings is 1. The van der Waals surface area contributed by atoms with E-state index in [2.05, 4.69) is 41.6 Å². The van der Waals surface area contributed by atoms with Gasteiger partial charge in [0.05, 0.1) is 6.54 Å². The molecule has 3 rings (SSSR count). The number of nitrogens with zero attached hydrogens (tertiary/aromatic N) is 2. The van der Waals surface area contributed by atoms with Crippen LogP contribution in [0.25, 0.3) is 10.9 Å². The maximum absolute atomic E-state index is 10.3. The average Bonchev–Trinajstić information content (AvgIpc) is 2.72. The Morgan fingerprint density at radius 1 is 1.38 bits per heavy atom. The van der Waals surface area contributed by atoms with Crippen molar-refractivity contribution in [3.63, 3.8) is 0 Å². The van der Waals surface area contributed by atoms with Gasteiger partial charge in [0.15, 0.2) is 5.79 Å². The average molecular weight is 288 g/mol. The zero-order valence-electron chi connectivity index (χ0n) is 13.3. The predicted octanol–water partition coefficient (Wildman–Crippen LogP) is 2.29. The van der Waals surface area contributed by atoms with E-state index in [4.69, 9.17) is 4.74 Å². The van der Waals surface area contributed by atoms with E-state index in [0.29, 0.717) is 6.54 Å². The molecule has 1 atom stereocenters. The number of hydrogen-bond donors (Lipinski definition) is 1. The van der Waals surface area contributed by atoms with Gasteiger partial charge in [0.25, 0.3) is 0 Å². The standard InChI is InChI=1S/C17H24N2O2/c1-12-5-6-15-14(9-12)13-7-8-18(3)10-16(13)19(15)11-17(2,20)21-4/h5-6,9,20H,7-8,10-11H2,1-4H3. The number of aryl methyl sites for hydroxylation is 1. The Morgan fingerprint density at radius 2 is 2.14 bits per heavy atom. The largest absolute Gasteiger partial charge is 0.364 e. The van der Waals surface area contributed by atoms with E-state index in [9.17, 15) is 5.11 Å². The van der Waals surface area contributed by atoms with Crippen molar-refractivity contribution in [3.8, 4) is 0 Å². The van der Waals surface area contributed by atoms with Crippen molar-refractivity contribution in [1.29, 1.82) is 0 Å². The molecular formula is C17H24N2O2. The van der Waals surface area contributed by atoms with Gasteiger partial charge in [-0.05, 0) is 45.0 Å². The van der Waals surface area contributed by atoms with E-state index in [0.717, 1.165) is 19.5 Å². The summed E-state index contributed by atoms with van der Waals surface area (Å²) in [5, 5.41) is 11.6. The molecule has 4 nitrogen and oxygen atoms in total. The summed E-state index contributed by atoms with van der Waals surface area (Å²) in [5.74, 6) is -1.15. The molecule has 0 saturated heterocycles. The molecule has 1 N–H and O–H groups in total. The molecule has 2 heterocycles. The molecular weight excluding hydrogens is 264 g/mol. The van der Waals surface area contributed by atoms with Crippen LogP contribution in [-0.4, -0.2) is 41.1 Å². The molecule has 0 saturated carbocycles. The van der Waals surface area contributed by atoms with Gasteiger partial charge in [0.2, 0.25) is 0 Å². The summed E-state index contributed by atoms with van der Waals surface area (Å²) >= 11 is 0. The molecule has 1 aliphatic rings. The number of likely N-dealkylation sites (N-methyl/N-ethyl adjacent to an activating group) is 1. The summed E-state index contributed by atoms with van der Waals surface area (Å²) in [6.45, 7) is 6.30. The number of fused-ring (bicyclic) bond motifs is 3. The van der Waals surface area contributed by atoms with Crippen LogP contribution in [0.4, 0.5) is 0 Å². The molecule has 1 aliphatic heterocycles. The third kappa shape index (κ3) is 2.59. The Morgan fingerprint density at radius 3 is 2.86 bits per heavy atom. The monoisotopic (exact) mass is 288 g/mol. The van der Waals surface area contributed by atoms with Crippen molar-refractivity contribution in [1.82, 2.24) is 9.47 Å². The van der Waals surface area contributed by atoms with Crippen LogP contribution in [0.15, 0.2) is 18.2 Å². The summed E-state index contributed by atoms with van der Waals surface area (Å²) in [7, 11) is 3.69. The van der Waals surface area contributed by atoms with Gasteiger partial charge in [0, 0.05) is 36.8 Å². The molecule has 114 valence electrons. The van der Waals surface area contributed by atoms with Crippen LogP contribution in [0, 0.1) is 6.92 Å². The van der Waals surface area contributed by atoms with Gasteiger partial charge in [-0.2, -0.15) is 0 Å². The first-order valence-electron chi connectivity index (χ1n) is 7.48. The Bertz CT molecular complexity index is 673. The Balaban J connectivity index is 2.19. The zero-order valence-corrected chi connectivity index (χ0v) is 13.3. The normalized spacial score (nSPS) is 18.7. The quantitative estimate of drug-likeness (QED) is 0.881. The Labute approximate surface area is 125 Å². The zero-order chi connectivity index (χ0) is 15.2. The topological polar surface area (TPSA) is 37.6 Å². The molecule has 0 spiro atoms. The number of ether oxygens (including phenoxy) is 1. The van der Waals surface area contributed by atoms with E-state index >= 15 is 0 Å². The molecule has 0 radical (unpaired) electrons. The van der Waals surface area contributed by atoms with Gasteiger partial charge in [-0.25, -0.2) is 0 Å². The molecule has 1 aromatic carbocycles. The van der Waals surface area contributed by atoms with Crippen molar-refractivity contribution >= 4 is 10.9 Å². The Hall–Kier alpha value is -1.36. The molecule has 0 bridgehead atoms. The van der Waals surface area contributed by atoms with Gasteiger partial charge in [-0.1, -0.05) is 11.6 Å². The van der Waals surface area contributed by atoms with Crippen molar-refractivity contribution in [2.24, 2.45) is 0 Å². The maximum atomic E-state index is 10.3. The van der Waals surface area contributed by atoms with Crippen LogP contribution >= 0.6 is 0 Å². The van der Waals surface area contributed by atoms with E-state index < -0.39 is 5.79 Å². The second-order valence-electron chi connectivity index (χ2n) is 6.40. The van der Waals surface area contributed by atoms with Gasteiger partial charge in [-0.3, -0.25) is 0 Å². The van der Waals surface area contributed by atoms with Crippen LogP contribution in [0.2, 0.25) is 0 Å². The fourth-order valence-electron chi connectivity index (χ4n) is 3.23. The van der Waals surface area contributed by atoms with Crippen LogP contribution in [0.3, 0.4) is 0 Å². The lowest BCUT2D eigenvalue weighted by Crippen LogP contribution is -2.35. The van der Waals surface area contributed by atoms with Crippen molar-refractivity contribution < 1.29 is 9.84 Å². The molecule has 21 heavy (non-hydrogen) atoms. The van der Waals surface area contributed by atoms with Crippen LogP contribution < -0.4 is 0 Å². The highest BCUT2D eigenvalue weighted by atomic mass is 16.6. The summed E-state index contributed by atoms with van der Waals surface area (Å²) in [5.41, 5.74) is 5.21. The van der Waals surface area contributed by atoms with E-state index in [1.165, 1.54) is 27.7 Å². The Kier molecular flexibility index (Phi) is 3.56. The van der Waals surface area contributed by atoms with E-state index in [1.54, 1.807) is 14.0 Å². The maximum Gasteiger partial charge on any atom is 0.180 e. The predicted molar refractivity (Wildman–Crippen MR) is 84.3 cm³/mol. The molecule has 2 aromatic rings. The van der Waals surface area contributed by atoms with Gasteiger partial charge in [-0.15, -0.1) is 0 Å². The lowest BCUT2D eigenvalue weighted by atomic mass is 10.0. The highest BCUT2D eigenvalue weighted by molar-refractivity contribution is 5.86. The number of aromatic nitrogens is 1. The minimum atomic E-state index is -1.15. The number of methoxy groups -OCH3 is 1. The third-order valence-electron chi connectivity index (χ3n) is 4.50. The highest BCUT2D eigenvalue weighted by Gasteiger charge is 2.27. The van der Waals surface area contributed by atoms with E-state index in [-0.39, 0.29) is 0 Å². The second-order valence-corrected chi connectivity index (χ2v) is 6.40. The number of aliphatic hydroxyl groups is 1. The highest BCUT2D eigenvalue weighted by Crippen LogP contribution is 2.32. The lowest BCUT2D eigenvalue weighted by molar-refractivity contribution is -0.179. The SMILES string of the molecule is COC(C)(O)Cn1c2c(c3cc(C)ccc31)CCN(C)C2. The van der Waals surface area contributed by atoms with E-state index in [1.807, 2.05) is 0 Å². The molecule has 1 unspecified atom stereocenters. The van der Waals surface area contributed by atoms with Crippen LogP contribution in [0.5, 0.6) is 0 Å². The van der Waals surface area contributed by atoms with Crippen molar-refractivity contribution in [2.75, 3.05) is 20.7 Å². The van der Waals surface area contributed by atoms with Gasteiger partial charge < -0.3 is 19.3 Å². The second kappa shape index (κ2) is 5.13. The van der Waals surface area contributed by atoms with Crippen molar-refractivity contribution in [2.45, 2.75) is 39.1 Å². The minimum absolute atomic E-state index is 0.451. The minimum Gasteiger partial charge on any atom is -0.364 e. The van der Waals surface area contributed by atoms with Crippen molar-refractivity contribution in [3.05, 3.63) is 35.0 Å². The third-order valence-corrected chi connectivity index (χ3v) is 4.50. The molecule has 0 aliphatic carbocycles. The number of rotatable bonds is 3. The first-order chi connectivity index (χ1) is 9.91. The smallest absolute Gasteiger partial charge is 0.180 e. The molecule has 0 fully saturated rings. The first-order valence-corrected chi connectivity index (χ1v) is 7.48. The van der Waals surface area contributed by atoms with Crippen LogP contribution in [0.1, 0.15) is 23.7 Å². The van der Waals surface area contributed by atoms with Crippen LogP contribution in [-0.2, 0) is 24.2 Å². The van der Waals surface area contributed by atoms with Gasteiger partial charge >= 0.3 is 0 Å². The summed E-state index contributed by atoms with van der Waals surface area (Å²) in [6.07, 6.45) is 1.06. The molecule has 4 heteroatoms. The summed E-state index contributed by atoms with van der Waals surface area (Å²) in [6, 6.07) is 6.56. The van der Waals surface area contributed by atoms with Gasteiger partial charge in [0.1, 0.15) is 0 Å². The lowest BCUT2D eigenvalue weighted by Gasteiger charge is -2.28. The summed E-state index contributed by atoms with van der Waals surface area (Å²) in [4.78, 5) is 2.33. The fraction of sp³-hybridized carbons (Fsp3) is 0.529. The fourth-order valence-corrected chi connectivity index (χ4v) is 3.23.